The quantitative estimate of drug-likeness (QED) is 0.223. The first-order chi connectivity index (χ1) is 12.8. The van der Waals surface area contributed by atoms with E-state index in [1.54, 1.807) is 23.1 Å². The highest BCUT2D eigenvalue weighted by atomic mass is 32.9. The molecule has 2 aromatic carbocycles. The van der Waals surface area contributed by atoms with E-state index in [2.05, 4.69) is 0 Å². The first kappa shape index (κ1) is 18.0. The third-order valence-electron chi connectivity index (χ3n) is 4.67. The van der Waals surface area contributed by atoms with Crippen molar-refractivity contribution in [2.24, 2.45) is 0 Å². The standard InChI is InChI=1S/C19H14N2O3S3/c1-19(2)16-15(18(25)27-26-16)13-10-12(21(23)24)8-9-14(13)20(19)17(22)11-6-4-3-5-7-11/h3-10H,1-2H3. The number of non-ortho nitro benzene ring substituents is 1. The Balaban J connectivity index is 2.00. The van der Waals surface area contributed by atoms with E-state index in [4.69, 9.17) is 12.2 Å². The lowest BCUT2D eigenvalue weighted by molar-refractivity contribution is -0.384. The maximum absolute atomic E-state index is 13.4. The Morgan fingerprint density at radius 1 is 1.15 bits per heavy atom. The molecule has 1 aromatic heterocycles. The van der Waals surface area contributed by atoms with Crippen LogP contribution in [-0.4, -0.2) is 10.8 Å². The molecule has 0 saturated heterocycles. The summed E-state index contributed by atoms with van der Waals surface area (Å²) in [5.74, 6) is -0.148. The second-order valence-electron chi connectivity index (χ2n) is 6.68. The predicted octanol–water partition coefficient (Wildman–Crippen LogP) is 6.01. The van der Waals surface area contributed by atoms with Crippen LogP contribution in [0.15, 0.2) is 48.5 Å². The molecule has 0 aliphatic carbocycles. The fraction of sp³-hybridized carbons (Fsp3) is 0.158. The lowest BCUT2D eigenvalue weighted by Crippen LogP contribution is -2.47. The molecule has 0 atom stereocenters. The smallest absolute Gasteiger partial charge is 0.270 e. The minimum absolute atomic E-state index is 0.0166. The molecule has 0 bridgehead atoms. The SMILES string of the molecule is CC1(C)c2ssc(=S)c2-c2cc([N+](=O)[O-])ccc2N1C(=O)c1ccccc1. The van der Waals surface area contributed by atoms with Gasteiger partial charge in [-0.15, -0.1) is 0 Å². The molecule has 0 unspecified atom stereocenters. The Kier molecular flexibility index (Phi) is 4.21. The molecule has 0 radical (unpaired) electrons. The van der Waals surface area contributed by atoms with Crippen LogP contribution < -0.4 is 4.90 Å². The Bertz CT molecular complexity index is 1130. The first-order valence-electron chi connectivity index (χ1n) is 8.14. The second kappa shape index (κ2) is 6.33. The van der Waals surface area contributed by atoms with Gasteiger partial charge >= 0.3 is 0 Å². The number of hydrogen-bond acceptors (Lipinski definition) is 6. The second-order valence-corrected chi connectivity index (χ2v) is 9.50. The zero-order valence-corrected chi connectivity index (χ0v) is 16.9. The van der Waals surface area contributed by atoms with Gasteiger partial charge in [0.05, 0.1) is 21.0 Å². The van der Waals surface area contributed by atoms with E-state index in [1.165, 1.54) is 32.8 Å². The number of anilines is 1. The highest BCUT2D eigenvalue weighted by Gasteiger charge is 2.43. The molecule has 1 aliphatic rings. The summed E-state index contributed by atoms with van der Waals surface area (Å²) in [6, 6.07) is 13.6. The minimum Gasteiger partial charge on any atom is -0.297 e. The molecule has 2 heterocycles. The number of nitro benzene ring substituents is 1. The Morgan fingerprint density at radius 3 is 2.52 bits per heavy atom. The van der Waals surface area contributed by atoms with Crippen LogP contribution in [-0.2, 0) is 5.54 Å². The van der Waals surface area contributed by atoms with Gasteiger partial charge < -0.3 is 0 Å². The van der Waals surface area contributed by atoms with Gasteiger partial charge in [0.15, 0.2) is 0 Å². The lowest BCUT2D eigenvalue weighted by atomic mass is 9.86. The van der Waals surface area contributed by atoms with Gasteiger partial charge in [-0.1, -0.05) is 51.1 Å². The van der Waals surface area contributed by atoms with Crippen molar-refractivity contribution >= 4 is 50.2 Å². The monoisotopic (exact) mass is 414 g/mol. The van der Waals surface area contributed by atoms with Crippen molar-refractivity contribution in [3.63, 3.8) is 0 Å². The van der Waals surface area contributed by atoms with Crippen molar-refractivity contribution < 1.29 is 9.72 Å². The molecule has 136 valence electrons. The van der Waals surface area contributed by atoms with Crippen LogP contribution in [0.4, 0.5) is 11.4 Å². The Hall–Kier alpha value is -2.42. The van der Waals surface area contributed by atoms with Gasteiger partial charge in [-0.05, 0) is 32.0 Å². The van der Waals surface area contributed by atoms with E-state index in [9.17, 15) is 14.9 Å². The molecule has 4 rings (SSSR count). The van der Waals surface area contributed by atoms with Gasteiger partial charge in [-0.25, -0.2) is 0 Å². The summed E-state index contributed by atoms with van der Waals surface area (Å²) in [6.45, 7) is 3.96. The van der Waals surface area contributed by atoms with E-state index in [1.807, 2.05) is 32.0 Å². The normalized spacial score (nSPS) is 14.4. The fourth-order valence-electron chi connectivity index (χ4n) is 3.40. The maximum Gasteiger partial charge on any atom is 0.270 e. The summed E-state index contributed by atoms with van der Waals surface area (Å²) in [7, 11) is 2.99. The average molecular weight is 415 g/mol. The third-order valence-corrected chi connectivity index (χ3v) is 8.00. The average Bonchev–Trinajstić information content (AvgIpc) is 3.05. The van der Waals surface area contributed by atoms with Crippen LogP contribution in [0.25, 0.3) is 11.1 Å². The topological polar surface area (TPSA) is 63.5 Å². The number of carbonyl (C=O) groups is 1. The van der Waals surface area contributed by atoms with Crippen LogP contribution in [0.1, 0.15) is 29.1 Å². The van der Waals surface area contributed by atoms with Crippen molar-refractivity contribution in [1.82, 2.24) is 0 Å². The number of hydrogen-bond donors (Lipinski definition) is 0. The number of carbonyl (C=O) groups excluding carboxylic acids is 1. The van der Waals surface area contributed by atoms with Crippen LogP contribution in [0.2, 0.25) is 0 Å². The minimum atomic E-state index is -0.621. The van der Waals surface area contributed by atoms with Crippen molar-refractivity contribution in [3.8, 4) is 11.1 Å². The van der Waals surface area contributed by atoms with Crippen molar-refractivity contribution in [1.29, 1.82) is 0 Å². The number of fused-ring (bicyclic) bond motifs is 3. The van der Waals surface area contributed by atoms with Gasteiger partial charge in [0.1, 0.15) is 3.82 Å². The van der Waals surface area contributed by atoms with E-state index in [0.29, 0.717) is 20.6 Å². The highest BCUT2D eigenvalue weighted by Crippen LogP contribution is 2.53. The molecule has 1 amide bonds. The van der Waals surface area contributed by atoms with E-state index >= 15 is 0 Å². The molecular formula is C19H14N2O3S3. The van der Waals surface area contributed by atoms with Crippen molar-refractivity contribution in [2.75, 3.05) is 4.90 Å². The summed E-state index contributed by atoms with van der Waals surface area (Å²) in [5.41, 5.74) is 2.05. The number of benzene rings is 2. The van der Waals surface area contributed by atoms with E-state index < -0.39 is 10.5 Å². The largest absolute Gasteiger partial charge is 0.297 e. The molecule has 27 heavy (non-hydrogen) atoms. The summed E-state index contributed by atoms with van der Waals surface area (Å²) in [4.78, 5) is 26.9. The van der Waals surface area contributed by atoms with Gasteiger partial charge in [0.25, 0.3) is 11.6 Å². The molecule has 0 N–H and O–H groups in total. The van der Waals surface area contributed by atoms with Crippen LogP contribution in [0.5, 0.6) is 0 Å². The number of amides is 1. The molecule has 5 nitrogen and oxygen atoms in total. The van der Waals surface area contributed by atoms with Crippen molar-refractivity contribution in [3.05, 3.63) is 72.9 Å². The molecule has 1 aliphatic heterocycles. The summed E-state index contributed by atoms with van der Waals surface area (Å²) in [5, 5.41) is 11.3. The molecule has 0 fully saturated rings. The molecule has 3 aromatic rings. The van der Waals surface area contributed by atoms with E-state index in [0.717, 1.165) is 10.4 Å². The van der Waals surface area contributed by atoms with Gasteiger partial charge in [0, 0.05) is 28.8 Å². The first-order valence-corrected chi connectivity index (χ1v) is 10.7. The Labute approximate surface area is 168 Å². The predicted molar refractivity (Wildman–Crippen MR) is 111 cm³/mol. The summed E-state index contributed by atoms with van der Waals surface area (Å²) < 4.78 is 0.691. The van der Waals surface area contributed by atoms with Gasteiger partial charge in [-0.3, -0.25) is 19.8 Å². The zero-order valence-electron chi connectivity index (χ0n) is 14.5. The third kappa shape index (κ3) is 2.72. The fourth-order valence-corrected chi connectivity index (χ4v) is 6.69. The van der Waals surface area contributed by atoms with Crippen molar-refractivity contribution in [2.45, 2.75) is 19.4 Å². The highest BCUT2D eigenvalue weighted by molar-refractivity contribution is 7.80. The maximum atomic E-state index is 13.4. The van der Waals surface area contributed by atoms with Crippen LogP contribution in [0, 0.1) is 13.9 Å². The molecule has 8 heteroatoms. The number of nitro groups is 1. The van der Waals surface area contributed by atoms with Crippen LogP contribution >= 0.6 is 32.9 Å². The van der Waals surface area contributed by atoms with Gasteiger partial charge in [-0.2, -0.15) is 0 Å². The number of nitrogens with zero attached hydrogens (tertiary/aromatic N) is 2. The summed E-state index contributed by atoms with van der Waals surface area (Å²) >= 11 is 5.51. The number of rotatable bonds is 2. The van der Waals surface area contributed by atoms with Gasteiger partial charge in [0.2, 0.25) is 0 Å². The lowest BCUT2D eigenvalue weighted by Gasteiger charge is -2.42. The molecule has 0 saturated carbocycles. The molecular weight excluding hydrogens is 400 g/mol. The summed E-state index contributed by atoms with van der Waals surface area (Å²) in [6.07, 6.45) is 0. The van der Waals surface area contributed by atoms with E-state index in [-0.39, 0.29) is 11.6 Å². The van der Waals surface area contributed by atoms with Crippen LogP contribution in [0.3, 0.4) is 0 Å². The Morgan fingerprint density at radius 2 is 1.85 bits per heavy atom. The molecule has 0 spiro atoms. The zero-order chi connectivity index (χ0) is 19.3.